The minimum atomic E-state index is -1.39. The Balaban J connectivity index is 0.00000305. The van der Waals surface area contributed by atoms with Gasteiger partial charge in [-0.15, -0.1) is 0 Å². The lowest BCUT2D eigenvalue weighted by atomic mass is 9.82. The molecular formula is C48H55N5O18. The number of carbonyl (C=O) groups excluding carboxylic acids is 3. The van der Waals surface area contributed by atoms with E-state index in [9.17, 15) is 59.3 Å². The fourth-order valence-electron chi connectivity index (χ4n) is 8.80. The van der Waals surface area contributed by atoms with Crippen LogP contribution in [0.25, 0.3) is 11.0 Å². The van der Waals surface area contributed by atoms with Crippen molar-refractivity contribution in [2.75, 3.05) is 80.8 Å². The number of nitrogens with zero attached hydrogens (tertiary/aromatic N) is 5. The molecule has 1 aliphatic carbocycles. The molecule has 6 rings (SSSR count). The van der Waals surface area contributed by atoms with Crippen LogP contribution in [0.5, 0.6) is 17.2 Å². The zero-order valence-electron chi connectivity index (χ0n) is 39.1. The topological polar surface area (TPSA) is 314 Å². The monoisotopic (exact) mass is 989 g/mol. The maximum Gasteiger partial charge on any atom is 0.373 e. The number of carbonyl (C=O) groups is 5. The molecule has 0 unspecified atom stereocenters. The summed E-state index contributed by atoms with van der Waals surface area (Å²) in [5, 5.41) is 51.0. The van der Waals surface area contributed by atoms with E-state index in [1.807, 2.05) is 17.9 Å². The molecule has 0 bridgehead atoms. The van der Waals surface area contributed by atoms with Crippen molar-refractivity contribution in [1.82, 2.24) is 4.90 Å². The van der Waals surface area contributed by atoms with E-state index in [-0.39, 0.29) is 90.5 Å². The van der Waals surface area contributed by atoms with Gasteiger partial charge < -0.3 is 53.8 Å². The van der Waals surface area contributed by atoms with E-state index in [2.05, 4.69) is 4.90 Å². The zero-order valence-corrected chi connectivity index (χ0v) is 39.1. The third-order valence-corrected chi connectivity index (χ3v) is 12.1. The summed E-state index contributed by atoms with van der Waals surface area (Å²) in [5.41, 5.74) is -0.229. The first-order chi connectivity index (χ1) is 33.9. The molecule has 3 aromatic carbocycles. The van der Waals surface area contributed by atoms with Crippen LogP contribution >= 0.6 is 0 Å². The number of hydrogen-bond donors (Lipinski definition) is 4. The highest BCUT2D eigenvalue weighted by molar-refractivity contribution is 5.98. The van der Waals surface area contributed by atoms with Crippen LogP contribution in [0, 0.1) is 16.0 Å². The average Bonchev–Trinajstić information content (AvgIpc) is 3.86. The molecule has 2 fully saturated rings. The van der Waals surface area contributed by atoms with Crippen molar-refractivity contribution in [3.63, 3.8) is 0 Å². The summed E-state index contributed by atoms with van der Waals surface area (Å²) in [6, 6.07) is 13.6. The first kappa shape index (κ1) is 53.9. The molecule has 380 valence electrons. The Hall–Kier alpha value is -8.04. The van der Waals surface area contributed by atoms with Crippen molar-refractivity contribution in [1.29, 1.82) is 0 Å². The lowest BCUT2D eigenvalue weighted by Crippen LogP contribution is -2.41. The fraction of sp³-hybridized carbons (Fsp3) is 0.438. The third kappa shape index (κ3) is 15.2. The summed E-state index contributed by atoms with van der Waals surface area (Å²) in [6.07, 6.45) is 5.31. The Bertz CT molecular complexity index is 2650. The number of anilines is 3. The number of carboxylic acid groups (broad SMARTS) is 4. The summed E-state index contributed by atoms with van der Waals surface area (Å²) >= 11 is 0. The molecule has 2 heterocycles. The van der Waals surface area contributed by atoms with Crippen molar-refractivity contribution < 1.29 is 77.5 Å². The number of rotatable bonds is 25. The molecule has 1 saturated carbocycles. The molecule has 71 heavy (non-hydrogen) atoms. The SMILES string of the molecule is CCN(CC(=O)O)C1CCC(CC(=O)c2cc3ccc(OCc4cc(N(CC(=O)O)CC(=O)O)c(OCCOc5cc(N6CCCC6)ccc5N(C)CC(=O)O)cc4[N+](=O)[O-])cc3oc2=O)CC1.O=C=O. The number of nitro benzene ring substituents is 1. The van der Waals surface area contributed by atoms with Gasteiger partial charge in [-0.3, -0.25) is 39.0 Å². The summed E-state index contributed by atoms with van der Waals surface area (Å²) in [4.78, 5) is 108. The number of ketones is 1. The van der Waals surface area contributed by atoms with Crippen LogP contribution < -0.4 is 34.5 Å². The fourth-order valence-corrected chi connectivity index (χ4v) is 8.80. The first-order valence-corrected chi connectivity index (χ1v) is 22.7. The standard InChI is InChI=1S/C47H55N5O16.CO2/c1-3-49(25-44(56)57)32-9-6-29(7-10-32)18-39(53)35-19-30-8-12-34(22-40(30)68-47(35)62)67-28-31-20-38(51(26-45(58)59)27-46(60)61)42(23-37(31)52(63)64)66-17-16-65-41-21-33(50-14-4-5-15-50)11-13-36(41)48(2)24-43(54)55;2-1-3/h8,11-13,19-23,29,32H,3-7,9-10,14-18,24-28H2,1-2H3,(H,54,55)(H,56,57)(H,58,59)(H,60,61);. The lowest BCUT2D eigenvalue weighted by Gasteiger charge is -2.35. The second-order valence-corrected chi connectivity index (χ2v) is 16.9. The molecule has 1 aromatic heterocycles. The normalized spacial score (nSPS) is 15.2. The number of ether oxygens (including phenoxy) is 3. The van der Waals surface area contributed by atoms with Gasteiger partial charge in [0, 0.05) is 55.8 Å². The molecule has 0 spiro atoms. The number of aliphatic carboxylic acids is 4. The summed E-state index contributed by atoms with van der Waals surface area (Å²) in [7, 11) is 1.60. The van der Waals surface area contributed by atoms with Crippen LogP contribution in [0.3, 0.4) is 0 Å². The highest BCUT2D eigenvalue weighted by Gasteiger charge is 2.30. The number of nitro groups is 1. The van der Waals surface area contributed by atoms with Gasteiger partial charge in [0.2, 0.25) is 0 Å². The van der Waals surface area contributed by atoms with Crippen LogP contribution in [-0.2, 0) is 35.4 Å². The first-order valence-electron chi connectivity index (χ1n) is 22.7. The second-order valence-electron chi connectivity index (χ2n) is 16.9. The van der Waals surface area contributed by atoms with Gasteiger partial charge in [-0.1, -0.05) is 6.92 Å². The Morgan fingerprint density at radius 2 is 1.39 bits per heavy atom. The van der Waals surface area contributed by atoms with E-state index in [4.69, 9.17) is 28.2 Å². The van der Waals surface area contributed by atoms with Gasteiger partial charge in [0.05, 0.1) is 34.5 Å². The summed E-state index contributed by atoms with van der Waals surface area (Å²) in [6.45, 7) is 1.30. The van der Waals surface area contributed by atoms with E-state index in [0.29, 0.717) is 36.2 Å². The smallest absolute Gasteiger partial charge is 0.373 e. The number of Topliss-reactive ketones (excluding diaryl/α,β-unsaturated/α-hetero) is 1. The second kappa shape index (κ2) is 25.5. The number of likely N-dealkylation sites (N-methyl/N-ethyl adjacent to an activating group) is 2. The number of fused-ring (bicyclic) bond motifs is 1. The zero-order chi connectivity index (χ0) is 51.8. The Morgan fingerprint density at radius 1 is 0.789 bits per heavy atom. The van der Waals surface area contributed by atoms with Crippen LogP contribution in [-0.4, -0.2) is 138 Å². The maximum absolute atomic E-state index is 13.3. The van der Waals surface area contributed by atoms with E-state index < -0.39 is 59.8 Å². The summed E-state index contributed by atoms with van der Waals surface area (Å²) < 4.78 is 23.5. The molecule has 2 aliphatic rings. The van der Waals surface area contributed by atoms with Gasteiger partial charge in [-0.05, 0) is 87.4 Å². The van der Waals surface area contributed by atoms with E-state index in [1.165, 1.54) is 29.2 Å². The molecule has 4 aromatic rings. The quantitative estimate of drug-likeness (QED) is 0.0228. The van der Waals surface area contributed by atoms with Gasteiger partial charge >= 0.3 is 35.7 Å². The lowest BCUT2D eigenvalue weighted by molar-refractivity contribution is -0.385. The third-order valence-electron chi connectivity index (χ3n) is 12.1. The molecular weight excluding hydrogens is 935 g/mol. The molecule has 1 saturated heterocycles. The van der Waals surface area contributed by atoms with E-state index >= 15 is 0 Å². The van der Waals surface area contributed by atoms with E-state index in [0.717, 1.165) is 55.4 Å². The van der Waals surface area contributed by atoms with Crippen molar-refractivity contribution in [2.45, 2.75) is 64.5 Å². The van der Waals surface area contributed by atoms with E-state index in [1.54, 1.807) is 25.2 Å². The molecule has 0 atom stereocenters. The molecule has 23 nitrogen and oxygen atoms in total. The highest BCUT2D eigenvalue weighted by atomic mass is 16.6. The van der Waals surface area contributed by atoms with Gasteiger partial charge in [-0.25, -0.2) is 4.79 Å². The van der Waals surface area contributed by atoms with Gasteiger partial charge in [-0.2, -0.15) is 9.59 Å². The number of benzene rings is 3. The van der Waals surface area contributed by atoms with Crippen molar-refractivity contribution in [2.24, 2.45) is 5.92 Å². The highest BCUT2D eigenvalue weighted by Crippen LogP contribution is 2.38. The predicted octanol–water partition coefficient (Wildman–Crippen LogP) is 4.79. The molecule has 23 heteroatoms. The molecule has 4 N–H and O–H groups in total. The van der Waals surface area contributed by atoms with Gasteiger partial charge in [0.15, 0.2) is 5.78 Å². The predicted molar refractivity (Wildman–Crippen MR) is 252 cm³/mol. The molecule has 0 amide bonds. The average molecular weight is 990 g/mol. The summed E-state index contributed by atoms with van der Waals surface area (Å²) in [5.74, 6) is -4.83. The van der Waals surface area contributed by atoms with Crippen LogP contribution in [0.4, 0.5) is 22.7 Å². The molecule has 0 radical (unpaired) electrons. The Labute approximate surface area is 405 Å². The van der Waals surface area contributed by atoms with Crippen molar-refractivity contribution >= 4 is 69.5 Å². The van der Waals surface area contributed by atoms with Gasteiger partial charge in [0.1, 0.15) is 67.8 Å². The van der Waals surface area contributed by atoms with Crippen molar-refractivity contribution in [3.8, 4) is 17.2 Å². The van der Waals surface area contributed by atoms with Crippen molar-refractivity contribution in [3.05, 3.63) is 86.3 Å². The minimum absolute atomic E-state index is 0.0228. The number of carboxylic acids is 4. The largest absolute Gasteiger partial charge is 0.489 e. The maximum atomic E-state index is 13.3. The minimum Gasteiger partial charge on any atom is -0.489 e. The Kier molecular flexibility index (Phi) is 19.4. The Morgan fingerprint density at radius 3 is 1.97 bits per heavy atom. The number of hydrogen-bond acceptors (Lipinski definition) is 18. The van der Waals surface area contributed by atoms with Crippen LogP contribution in [0.1, 0.15) is 67.8 Å². The molecule has 1 aliphatic heterocycles. The van der Waals surface area contributed by atoms with Gasteiger partial charge in [0.25, 0.3) is 5.69 Å². The van der Waals surface area contributed by atoms with Crippen LogP contribution in [0.2, 0.25) is 0 Å². The van der Waals surface area contributed by atoms with Crippen LogP contribution in [0.15, 0.2) is 63.8 Å².